The molecule has 3 aromatic rings. The van der Waals surface area contributed by atoms with Gasteiger partial charge in [0.25, 0.3) is 5.91 Å². The van der Waals surface area contributed by atoms with E-state index in [1.54, 1.807) is 24.1 Å². The second kappa shape index (κ2) is 8.41. The zero-order chi connectivity index (χ0) is 21.1. The average Bonchev–Trinajstić information content (AvgIpc) is 3.20. The van der Waals surface area contributed by atoms with Crippen molar-refractivity contribution in [3.63, 3.8) is 0 Å². The van der Waals surface area contributed by atoms with E-state index in [-0.39, 0.29) is 11.9 Å². The summed E-state index contributed by atoms with van der Waals surface area (Å²) in [6.07, 6.45) is 1.54. The first-order valence-electron chi connectivity index (χ1n) is 9.99. The summed E-state index contributed by atoms with van der Waals surface area (Å²) in [5.74, 6) is -0.0474. The van der Waals surface area contributed by atoms with Gasteiger partial charge in [0.2, 0.25) is 5.91 Å². The van der Waals surface area contributed by atoms with Gasteiger partial charge in [-0.1, -0.05) is 54.6 Å². The fourth-order valence-corrected chi connectivity index (χ4v) is 4.24. The Kier molecular flexibility index (Phi) is 5.53. The molecule has 3 aromatic carbocycles. The molecule has 0 saturated carbocycles. The number of benzene rings is 3. The van der Waals surface area contributed by atoms with E-state index in [2.05, 4.69) is 0 Å². The number of hydrogen-bond donors (Lipinski definition) is 1. The molecule has 4 rings (SSSR count). The summed E-state index contributed by atoms with van der Waals surface area (Å²) in [6, 6.07) is 23.0. The molecule has 2 atom stereocenters. The molecule has 0 bridgehead atoms. The molecule has 1 aliphatic rings. The Morgan fingerprint density at radius 3 is 2.30 bits per heavy atom. The molecule has 1 aliphatic carbocycles. The quantitative estimate of drug-likeness (QED) is 0.678. The van der Waals surface area contributed by atoms with E-state index in [0.29, 0.717) is 11.1 Å². The molecule has 0 aliphatic heterocycles. The summed E-state index contributed by atoms with van der Waals surface area (Å²) in [6.45, 7) is 0. The number of nitrogens with zero attached hydrogens (tertiary/aromatic N) is 1. The van der Waals surface area contributed by atoms with Gasteiger partial charge in [-0.25, -0.2) is 0 Å². The fraction of sp³-hybridized carbons (Fsp3) is 0.200. The van der Waals surface area contributed by atoms with E-state index in [0.717, 1.165) is 29.7 Å². The molecule has 0 fully saturated rings. The lowest BCUT2D eigenvalue weighted by atomic mass is 9.98. The molecule has 0 spiro atoms. The first kappa shape index (κ1) is 19.7. The zero-order valence-corrected chi connectivity index (χ0v) is 16.8. The standard InChI is InChI=1S/C25H24N2O3/c1-30-20-14-12-17-13-15-22(21(17)16-20)27(25(29)19-10-6-3-7-11-19)23(24(26)28)18-8-4-2-5-9-18/h2-12,14,16,22-23H,13,15H2,1H3,(H2,26,28)/t22-,23-/m1/s1. The second-order valence-corrected chi connectivity index (χ2v) is 7.41. The van der Waals surface area contributed by atoms with Crippen LogP contribution in [0.15, 0.2) is 78.9 Å². The number of ether oxygens (including phenoxy) is 1. The second-order valence-electron chi connectivity index (χ2n) is 7.41. The Balaban J connectivity index is 1.85. The van der Waals surface area contributed by atoms with Crippen LogP contribution in [0.3, 0.4) is 0 Å². The lowest BCUT2D eigenvalue weighted by molar-refractivity contribution is -0.123. The van der Waals surface area contributed by atoms with Crippen molar-refractivity contribution in [2.24, 2.45) is 5.73 Å². The predicted octanol–water partition coefficient (Wildman–Crippen LogP) is 4.05. The normalized spacial score (nSPS) is 15.8. The molecule has 0 saturated heterocycles. The molecule has 152 valence electrons. The number of fused-ring (bicyclic) bond motifs is 1. The van der Waals surface area contributed by atoms with Gasteiger partial charge < -0.3 is 15.4 Å². The van der Waals surface area contributed by atoms with Crippen LogP contribution in [0.1, 0.15) is 45.6 Å². The van der Waals surface area contributed by atoms with Gasteiger partial charge in [0.05, 0.1) is 13.2 Å². The Labute approximate surface area is 176 Å². The van der Waals surface area contributed by atoms with Crippen LogP contribution in [-0.4, -0.2) is 23.8 Å². The van der Waals surface area contributed by atoms with Crippen LogP contribution in [0, 0.1) is 0 Å². The van der Waals surface area contributed by atoms with Gasteiger partial charge in [0, 0.05) is 5.56 Å². The van der Waals surface area contributed by atoms with Crippen molar-refractivity contribution in [1.82, 2.24) is 4.90 Å². The summed E-state index contributed by atoms with van der Waals surface area (Å²) >= 11 is 0. The number of methoxy groups -OCH3 is 1. The minimum atomic E-state index is -0.874. The van der Waals surface area contributed by atoms with Crippen LogP contribution >= 0.6 is 0 Å². The third kappa shape index (κ3) is 3.66. The third-order valence-corrected chi connectivity index (χ3v) is 5.65. The lowest BCUT2D eigenvalue weighted by Crippen LogP contribution is -2.43. The van der Waals surface area contributed by atoms with Crippen molar-refractivity contribution in [2.45, 2.75) is 24.9 Å². The zero-order valence-electron chi connectivity index (χ0n) is 16.8. The number of aryl methyl sites for hydroxylation is 1. The summed E-state index contributed by atoms with van der Waals surface area (Å²) < 4.78 is 5.41. The van der Waals surface area contributed by atoms with Crippen molar-refractivity contribution in [3.8, 4) is 5.75 Å². The summed E-state index contributed by atoms with van der Waals surface area (Å²) in [4.78, 5) is 28.0. The number of rotatable bonds is 6. The number of hydrogen-bond acceptors (Lipinski definition) is 3. The number of primary amides is 1. The maximum atomic E-state index is 13.7. The van der Waals surface area contributed by atoms with Crippen molar-refractivity contribution in [1.29, 1.82) is 0 Å². The molecule has 30 heavy (non-hydrogen) atoms. The van der Waals surface area contributed by atoms with Gasteiger partial charge in [-0.2, -0.15) is 0 Å². The SMILES string of the molecule is COc1ccc2c(c1)[C@H](N(C(=O)c1ccccc1)[C@@H](C(N)=O)c1ccccc1)CC2. The maximum Gasteiger partial charge on any atom is 0.255 e. The van der Waals surface area contributed by atoms with Crippen LogP contribution in [0.4, 0.5) is 0 Å². The maximum absolute atomic E-state index is 13.7. The largest absolute Gasteiger partial charge is 0.497 e. The predicted molar refractivity (Wildman–Crippen MR) is 115 cm³/mol. The van der Waals surface area contributed by atoms with E-state index in [1.807, 2.05) is 66.7 Å². The van der Waals surface area contributed by atoms with Crippen LogP contribution in [0.25, 0.3) is 0 Å². The molecule has 2 amide bonds. The van der Waals surface area contributed by atoms with Crippen LogP contribution in [0.5, 0.6) is 5.75 Å². The number of carbonyl (C=O) groups excluding carboxylic acids is 2. The highest BCUT2D eigenvalue weighted by Crippen LogP contribution is 2.42. The molecule has 5 heteroatoms. The van der Waals surface area contributed by atoms with Crippen LogP contribution in [-0.2, 0) is 11.2 Å². The number of nitrogens with two attached hydrogens (primary N) is 1. The monoisotopic (exact) mass is 400 g/mol. The fourth-order valence-electron chi connectivity index (χ4n) is 4.24. The van der Waals surface area contributed by atoms with Gasteiger partial charge in [0.1, 0.15) is 11.8 Å². The Morgan fingerprint density at radius 2 is 1.67 bits per heavy atom. The van der Waals surface area contributed by atoms with Crippen molar-refractivity contribution in [3.05, 3.63) is 101 Å². The smallest absolute Gasteiger partial charge is 0.255 e. The summed E-state index contributed by atoms with van der Waals surface area (Å²) in [5.41, 5.74) is 9.25. The van der Waals surface area contributed by atoms with E-state index >= 15 is 0 Å². The van der Waals surface area contributed by atoms with Crippen molar-refractivity contribution < 1.29 is 14.3 Å². The van der Waals surface area contributed by atoms with Gasteiger partial charge in [-0.05, 0) is 53.8 Å². The molecule has 0 aromatic heterocycles. The van der Waals surface area contributed by atoms with Crippen molar-refractivity contribution >= 4 is 11.8 Å². The molecule has 2 N–H and O–H groups in total. The third-order valence-electron chi connectivity index (χ3n) is 5.65. The highest BCUT2D eigenvalue weighted by atomic mass is 16.5. The van der Waals surface area contributed by atoms with Gasteiger partial charge >= 0.3 is 0 Å². The molecular weight excluding hydrogens is 376 g/mol. The average molecular weight is 400 g/mol. The van der Waals surface area contributed by atoms with Gasteiger partial charge in [0.15, 0.2) is 0 Å². The summed E-state index contributed by atoms with van der Waals surface area (Å²) in [5, 5.41) is 0. The van der Waals surface area contributed by atoms with E-state index in [1.165, 1.54) is 0 Å². The van der Waals surface area contributed by atoms with Gasteiger partial charge in [-0.15, -0.1) is 0 Å². The topological polar surface area (TPSA) is 72.6 Å². The highest BCUT2D eigenvalue weighted by Gasteiger charge is 2.39. The minimum absolute atomic E-state index is 0.219. The number of carbonyl (C=O) groups is 2. The lowest BCUT2D eigenvalue weighted by Gasteiger charge is -2.36. The molecule has 0 radical (unpaired) electrons. The van der Waals surface area contributed by atoms with Gasteiger partial charge in [-0.3, -0.25) is 9.59 Å². The Bertz CT molecular complexity index is 1050. The van der Waals surface area contributed by atoms with Crippen molar-refractivity contribution in [2.75, 3.05) is 7.11 Å². The van der Waals surface area contributed by atoms with Crippen LogP contribution in [0.2, 0.25) is 0 Å². The first-order chi connectivity index (χ1) is 14.6. The Hall–Kier alpha value is -3.60. The summed E-state index contributed by atoms with van der Waals surface area (Å²) in [7, 11) is 1.62. The highest BCUT2D eigenvalue weighted by molar-refractivity contribution is 5.98. The molecule has 0 unspecified atom stereocenters. The van der Waals surface area contributed by atoms with E-state index in [9.17, 15) is 9.59 Å². The number of amides is 2. The molecule has 0 heterocycles. The Morgan fingerprint density at radius 1 is 1.00 bits per heavy atom. The first-order valence-corrected chi connectivity index (χ1v) is 9.99. The molecular formula is C25H24N2O3. The van der Waals surface area contributed by atoms with E-state index in [4.69, 9.17) is 10.5 Å². The minimum Gasteiger partial charge on any atom is -0.497 e. The molecule has 5 nitrogen and oxygen atoms in total. The van der Waals surface area contributed by atoms with E-state index < -0.39 is 11.9 Å². The van der Waals surface area contributed by atoms with Crippen LogP contribution < -0.4 is 10.5 Å².